The van der Waals surface area contributed by atoms with Gasteiger partial charge in [-0.05, 0) is 102 Å². The topological polar surface area (TPSA) is 17.3 Å². The number of hydrogen-bond donors (Lipinski definition) is 0. The van der Waals surface area contributed by atoms with Crippen molar-refractivity contribution in [2.75, 3.05) is 0 Å². The Bertz CT molecular complexity index is 3420. The third kappa shape index (κ3) is 4.79. The molecule has 0 atom stereocenters. The van der Waals surface area contributed by atoms with Crippen LogP contribution in [0.4, 0.5) is 0 Å². The third-order valence-electron chi connectivity index (χ3n) is 12.4. The van der Waals surface area contributed by atoms with Crippen LogP contribution in [0.3, 0.4) is 0 Å². The van der Waals surface area contributed by atoms with Crippen LogP contribution >= 0.6 is 11.3 Å². The van der Waals surface area contributed by atoms with Crippen LogP contribution in [0, 0.1) is 0 Å². The lowest BCUT2D eigenvalue weighted by molar-refractivity contribution is 0.660. The van der Waals surface area contributed by atoms with Crippen molar-refractivity contribution >= 4 is 59.0 Å². The number of para-hydroxylation sites is 2. The minimum atomic E-state index is 0.0148. The molecule has 3 aromatic heterocycles. The van der Waals surface area contributed by atoms with Gasteiger partial charge >= 0.3 is 0 Å². The number of imidazole rings is 1. The molecular formula is C54H36N2S. The van der Waals surface area contributed by atoms with Crippen molar-refractivity contribution < 1.29 is 0 Å². The molecule has 1 aliphatic carbocycles. The van der Waals surface area contributed by atoms with Crippen molar-refractivity contribution in [1.29, 1.82) is 0 Å². The van der Waals surface area contributed by atoms with Crippen LogP contribution in [0.25, 0.3) is 103 Å². The number of benzene rings is 8. The predicted octanol–water partition coefficient (Wildman–Crippen LogP) is 15.0. The van der Waals surface area contributed by atoms with Crippen molar-refractivity contribution in [3.05, 3.63) is 193 Å². The zero-order valence-electron chi connectivity index (χ0n) is 31.6. The first-order chi connectivity index (χ1) is 28.0. The lowest BCUT2D eigenvalue weighted by Crippen LogP contribution is -2.14. The summed E-state index contributed by atoms with van der Waals surface area (Å²) in [6.07, 6.45) is 0. The molecule has 0 bridgehead atoms. The minimum absolute atomic E-state index is 0.0148. The number of thiophene rings is 1. The van der Waals surface area contributed by atoms with Crippen LogP contribution in [0.5, 0.6) is 0 Å². The van der Waals surface area contributed by atoms with Crippen molar-refractivity contribution in [2.45, 2.75) is 19.3 Å². The summed E-state index contributed by atoms with van der Waals surface area (Å²) in [4.78, 5) is 5.18. The predicted molar refractivity (Wildman–Crippen MR) is 242 cm³/mol. The van der Waals surface area contributed by atoms with E-state index in [-0.39, 0.29) is 5.41 Å². The molecule has 0 aliphatic heterocycles. The van der Waals surface area contributed by atoms with Gasteiger partial charge in [0, 0.05) is 20.9 Å². The molecule has 0 spiro atoms. The summed E-state index contributed by atoms with van der Waals surface area (Å²) in [5, 5.41) is 5.05. The molecule has 1 aliphatic rings. The standard InChI is InChI=1S/C54H36N2S/c1-54(2)46-15-7-5-13-42(46)44-31-37(27-30-47(44)54)33-19-21-34(22-20-33)38-28-29-39(41-12-4-3-11-40(38)41)35-23-25-36(26-24-35)50-32-45-43-14-6-10-18-51(43)57-52(45)53-55-48-16-8-9-17-49(48)56(50)53/h3-32H,1-2H3. The number of nitrogens with zero attached hydrogens (tertiary/aromatic N) is 2. The van der Waals surface area contributed by atoms with E-state index < -0.39 is 0 Å². The Labute approximate surface area is 335 Å². The molecular weight excluding hydrogens is 709 g/mol. The molecule has 0 unspecified atom stereocenters. The van der Waals surface area contributed by atoms with E-state index in [1.165, 1.54) is 92.1 Å². The Balaban J connectivity index is 0.917. The second kappa shape index (κ2) is 12.1. The van der Waals surface area contributed by atoms with E-state index in [9.17, 15) is 0 Å². The normalized spacial score (nSPS) is 13.2. The average molecular weight is 745 g/mol. The first-order valence-electron chi connectivity index (χ1n) is 19.7. The van der Waals surface area contributed by atoms with E-state index in [1.807, 2.05) is 11.3 Å². The Kier molecular flexibility index (Phi) is 6.88. The summed E-state index contributed by atoms with van der Waals surface area (Å²) in [6, 6.07) is 67.1. The molecule has 0 radical (unpaired) electrons. The summed E-state index contributed by atoms with van der Waals surface area (Å²) in [6.45, 7) is 4.68. The summed E-state index contributed by atoms with van der Waals surface area (Å²) in [5.74, 6) is 0. The van der Waals surface area contributed by atoms with Crippen LogP contribution in [0.2, 0.25) is 0 Å². The van der Waals surface area contributed by atoms with Crippen LogP contribution in [-0.2, 0) is 5.41 Å². The number of rotatable bonds is 4. The highest BCUT2D eigenvalue weighted by Gasteiger charge is 2.35. The van der Waals surface area contributed by atoms with E-state index in [4.69, 9.17) is 4.98 Å². The van der Waals surface area contributed by atoms with E-state index >= 15 is 0 Å². The molecule has 8 aromatic carbocycles. The maximum atomic E-state index is 5.18. The molecule has 12 rings (SSSR count). The van der Waals surface area contributed by atoms with Crippen molar-refractivity contribution in [3.63, 3.8) is 0 Å². The zero-order valence-corrected chi connectivity index (χ0v) is 32.4. The molecule has 0 saturated carbocycles. The second-order valence-corrected chi connectivity index (χ2v) is 17.0. The molecule has 2 nitrogen and oxygen atoms in total. The molecule has 11 aromatic rings. The van der Waals surface area contributed by atoms with Gasteiger partial charge in [-0.25, -0.2) is 4.98 Å². The SMILES string of the molecule is CC1(C)c2ccccc2-c2cc(-c3ccc(-c4ccc(-c5ccc(-c6cc7c8ccccc8sc7c7nc8ccccc8n67)cc5)c5ccccc45)cc3)ccc21. The second-order valence-electron chi connectivity index (χ2n) is 15.9. The van der Waals surface area contributed by atoms with Crippen LogP contribution < -0.4 is 0 Å². The maximum absolute atomic E-state index is 5.18. The van der Waals surface area contributed by atoms with Gasteiger partial charge in [-0.3, -0.25) is 4.40 Å². The zero-order chi connectivity index (χ0) is 37.8. The van der Waals surface area contributed by atoms with Gasteiger partial charge < -0.3 is 0 Å². The molecule has 0 amide bonds. The van der Waals surface area contributed by atoms with Crippen molar-refractivity contribution in [3.8, 4) is 55.8 Å². The third-order valence-corrected chi connectivity index (χ3v) is 13.6. The van der Waals surface area contributed by atoms with E-state index in [2.05, 4.69) is 200 Å². The van der Waals surface area contributed by atoms with Crippen LogP contribution in [0.15, 0.2) is 182 Å². The largest absolute Gasteiger partial charge is 0.291 e. The fraction of sp³-hybridized carbons (Fsp3) is 0.0556. The highest BCUT2D eigenvalue weighted by molar-refractivity contribution is 7.26. The highest BCUT2D eigenvalue weighted by atomic mass is 32.1. The van der Waals surface area contributed by atoms with Crippen LogP contribution in [-0.4, -0.2) is 9.38 Å². The molecule has 3 heterocycles. The van der Waals surface area contributed by atoms with Crippen LogP contribution in [0.1, 0.15) is 25.0 Å². The smallest absolute Gasteiger partial charge is 0.156 e. The van der Waals surface area contributed by atoms with Gasteiger partial charge in [0.1, 0.15) is 0 Å². The maximum Gasteiger partial charge on any atom is 0.156 e. The highest BCUT2D eigenvalue weighted by Crippen LogP contribution is 2.50. The molecule has 0 saturated heterocycles. The van der Waals surface area contributed by atoms with Crippen molar-refractivity contribution in [1.82, 2.24) is 9.38 Å². The Morgan fingerprint density at radius 1 is 0.439 bits per heavy atom. The van der Waals surface area contributed by atoms with Gasteiger partial charge in [-0.15, -0.1) is 11.3 Å². The Hall–Kier alpha value is -6.81. The quantitative estimate of drug-likeness (QED) is 0.175. The molecule has 268 valence electrons. The van der Waals surface area contributed by atoms with E-state index in [0.29, 0.717) is 0 Å². The average Bonchev–Trinajstić information content (AvgIpc) is 3.91. The van der Waals surface area contributed by atoms with Gasteiger partial charge in [-0.1, -0.05) is 166 Å². The fourth-order valence-electron chi connectivity index (χ4n) is 9.58. The van der Waals surface area contributed by atoms with Gasteiger partial charge in [0.2, 0.25) is 0 Å². The monoisotopic (exact) mass is 744 g/mol. The fourth-order valence-corrected chi connectivity index (χ4v) is 10.7. The van der Waals surface area contributed by atoms with Crippen molar-refractivity contribution in [2.24, 2.45) is 0 Å². The first-order valence-corrected chi connectivity index (χ1v) is 20.5. The van der Waals surface area contributed by atoms with Gasteiger partial charge in [-0.2, -0.15) is 0 Å². The number of aromatic nitrogens is 2. The summed E-state index contributed by atoms with van der Waals surface area (Å²) in [7, 11) is 0. The number of fused-ring (bicyclic) bond motifs is 11. The van der Waals surface area contributed by atoms with Gasteiger partial charge in [0.05, 0.1) is 21.4 Å². The van der Waals surface area contributed by atoms with Gasteiger partial charge in [0.15, 0.2) is 5.65 Å². The Morgan fingerprint density at radius 2 is 1.02 bits per heavy atom. The van der Waals surface area contributed by atoms with E-state index in [0.717, 1.165) is 22.4 Å². The van der Waals surface area contributed by atoms with E-state index in [1.54, 1.807) is 0 Å². The number of pyridine rings is 1. The molecule has 3 heteroatoms. The number of hydrogen-bond acceptors (Lipinski definition) is 2. The summed E-state index contributed by atoms with van der Waals surface area (Å²) in [5.41, 5.74) is 18.4. The minimum Gasteiger partial charge on any atom is -0.291 e. The summed E-state index contributed by atoms with van der Waals surface area (Å²) < 4.78 is 4.86. The molecule has 0 fully saturated rings. The van der Waals surface area contributed by atoms with Gasteiger partial charge in [0.25, 0.3) is 0 Å². The Morgan fingerprint density at radius 3 is 1.77 bits per heavy atom. The lowest BCUT2D eigenvalue weighted by Gasteiger charge is -2.21. The first kappa shape index (κ1) is 32.4. The molecule has 0 N–H and O–H groups in total. The lowest BCUT2D eigenvalue weighted by atomic mass is 9.82. The summed E-state index contributed by atoms with van der Waals surface area (Å²) >= 11 is 1.83. The molecule has 57 heavy (non-hydrogen) atoms.